The lowest BCUT2D eigenvalue weighted by molar-refractivity contribution is -0.123. The number of fused-ring (bicyclic) bond motifs is 1. The van der Waals surface area contributed by atoms with Gasteiger partial charge in [0.2, 0.25) is 11.8 Å². The van der Waals surface area contributed by atoms with E-state index in [1.165, 1.54) is 0 Å². The highest BCUT2D eigenvalue weighted by molar-refractivity contribution is 6.04. The van der Waals surface area contributed by atoms with E-state index >= 15 is 0 Å². The zero-order chi connectivity index (χ0) is 17.1. The first-order valence-electron chi connectivity index (χ1n) is 8.26. The normalized spacial score (nSPS) is 14.6. The van der Waals surface area contributed by atoms with Crippen LogP contribution in [-0.2, 0) is 22.4 Å². The first-order valence-corrected chi connectivity index (χ1v) is 8.26. The van der Waals surface area contributed by atoms with Crippen molar-refractivity contribution < 1.29 is 14.0 Å². The van der Waals surface area contributed by atoms with Crippen LogP contribution in [0.5, 0.6) is 0 Å². The van der Waals surface area contributed by atoms with Crippen molar-refractivity contribution in [3.63, 3.8) is 0 Å². The Labute approximate surface area is 141 Å². The molecular weight excluding hydrogens is 304 g/mol. The molecule has 0 aliphatic carbocycles. The topological polar surface area (TPSA) is 62.6 Å². The van der Waals surface area contributed by atoms with Crippen LogP contribution in [0.3, 0.4) is 0 Å². The fraction of sp³-hybridized carbons (Fsp3) is 0.368. The summed E-state index contributed by atoms with van der Waals surface area (Å²) >= 11 is 0. The van der Waals surface area contributed by atoms with E-state index in [0.29, 0.717) is 6.42 Å². The number of carbonyl (C=O) groups is 2. The molecule has 2 aromatic rings. The highest BCUT2D eigenvalue weighted by Gasteiger charge is 2.28. The third-order valence-electron chi connectivity index (χ3n) is 4.25. The van der Waals surface area contributed by atoms with Gasteiger partial charge in [0.15, 0.2) is 0 Å². The molecule has 1 aliphatic heterocycles. The minimum absolute atomic E-state index is 0.0231. The molecule has 1 aromatic carbocycles. The minimum atomic E-state index is -0.136. The van der Waals surface area contributed by atoms with E-state index in [1.54, 1.807) is 4.90 Å². The first kappa shape index (κ1) is 16.3. The molecule has 0 spiro atoms. The van der Waals surface area contributed by atoms with Crippen molar-refractivity contribution in [3.05, 3.63) is 53.5 Å². The number of hydrogen-bond acceptors (Lipinski definition) is 3. The van der Waals surface area contributed by atoms with E-state index in [4.69, 9.17) is 4.42 Å². The maximum Gasteiger partial charge on any atom is 0.240 e. The van der Waals surface area contributed by atoms with Crippen molar-refractivity contribution in [1.82, 2.24) is 5.32 Å². The highest BCUT2D eigenvalue weighted by atomic mass is 16.3. The summed E-state index contributed by atoms with van der Waals surface area (Å²) in [7, 11) is 0. The summed E-state index contributed by atoms with van der Waals surface area (Å²) in [5, 5.41) is 2.96. The second kappa shape index (κ2) is 6.91. The standard InChI is InChI=1S/C19H22N2O3/c1-13(7-9-16-10-8-14(2)24-16)20-18(22)12-21-17-6-4-3-5-15(17)11-19(21)23/h3-6,8,10,13H,7,9,11-12H2,1-2H3,(H,20,22)/t13-/m0/s1. The maximum absolute atomic E-state index is 12.3. The van der Waals surface area contributed by atoms with E-state index < -0.39 is 0 Å². The molecule has 1 atom stereocenters. The molecule has 3 rings (SSSR count). The Kier molecular flexibility index (Phi) is 4.69. The number of furan rings is 1. The summed E-state index contributed by atoms with van der Waals surface area (Å²) in [5.41, 5.74) is 1.83. The Morgan fingerprint density at radius 2 is 2.08 bits per heavy atom. The molecule has 5 nitrogen and oxygen atoms in total. The average molecular weight is 326 g/mol. The summed E-state index contributed by atoms with van der Waals surface area (Å²) in [4.78, 5) is 25.9. The molecule has 2 heterocycles. The van der Waals surface area contributed by atoms with Gasteiger partial charge in [0.1, 0.15) is 18.1 Å². The number of amides is 2. The molecular formula is C19H22N2O3. The summed E-state index contributed by atoms with van der Waals surface area (Å²) < 4.78 is 5.53. The van der Waals surface area contributed by atoms with Gasteiger partial charge in [0.05, 0.1) is 6.42 Å². The van der Waals surface area contributed by atoms with Crippen molar-refractivity contribution >= 4 is 17.5 Å². The van der Waals surface area contributed by atoms with Gasteiger partial charge in [-0.25, -0.2) is 0 Å². The summed E-state index contributed by atoms with van der Waals surface area (Å²) in [5.74, 6) is 1.67. The Hall–Kier alpha value is -2.56. The van der Waals surface area contributed by atoms with Gasteiger partial charge >= 0.3 is 0 Å². The Balaban J connectivity index is 1.51. The molecule has 1 aromatic heterocycles. The van der Waals surface area contributed by atoms with Gasteiger partial charge in [0, 0.05) is 18.2 Å². The molecule has 1 N–H and O–H groups in total. The van der Waals surface area contributed by atoms with Crippen LogP contribution in [0.4, 0.5) is 5.69 Å². The third kappa shape index (κ3) is 3.67. The number of hydrogen-bond donors (Lipinski definition) is 1. The van der Waals surface area contributed by atoms with Crippen molar-refractivity contribution in [2.24, 2.45) is 0 Å². The molecule has 5 heteroatoms. The van der Waals surface area contributed by atoms with Crippen LogP contribution in [0.15, 0.2) is 40.8 Å². The summed E-state index contributed by atoms with van der Waals surface area (Å²) in [6.07, 6.45) is 1.95. The van der Waals surface area contributed by atoms with E-state index in [-0.39, 0.29) is 24.4 Å². The van der Waals surface area contributed by atoms with Crippen molar-refractivity contribution in [2.45, 2.75) is 39.2 Å². The Morgan fingerprint density at radius 3 is 2.83 bits per heavy atom. The Bertz CT molecular complexity index is 751. The molecule has 0 unspecified atom stereocenters. The number of para-hydroxylation sites is 1. The molecule has 0 radical (unpaired) electrons. The van der Waals surface area contributed by atoms with Gasteiger partial charge < -0.3 is 14.6 Å². The molecule has 0 saturated heterocycles. The molecule has 126 valence electrons. The highest BCUT2D eigenvalue weighted by Crippen LogP contribution is 2.27. The van der Waals surface area contributed by atoms with Crippen molar-refractivity contribution in [2.75, 3.05) is 11.4 Å². The number of benzene rings is 1. The number of anilines is 1. The van der Waals surface area contributed by atoms with Gasteiger partial charge in [-0.05, 0) is 44.0 Å². The van der Waals surface area contributed by atoms with Crippen LogP contribution in [0, 0.1) is 6.92 Å². The fourth-order valence-corrected chi connectivity index (χ4v) is 3.00. The maximum atomic E-state index is 12.3. The predicted octanol–water partition coefficient (Wildman–Crippen LogP) is 2.61. The first-order chi connectivity index (χ1) is 11.5. The smallest absolute Gasteiger partial charge is 0.240 e. The van der Waals surface area contributed by atoms with Crippen LogP contribution >= 0.6 is 0 Å². The Morgan fingerprint density at radius 1 is 1.29 bits per heavy atom. The number of nitrogens with one attached hydrogen (secondary N) is 1. The second-order valence-corrected chi connectivity index (χ2v) is 6.30. The van der Waals surface area contributed by atoms with Crippen molar-refractivity contribution in [1.29, 1.82) is 0 Å². The number of rotatable bonds is 6. The lowest BCUT2D eigenvalue weighted by Crippen LogP contribution is -2.42. The average Bonchev–Trinajstić information content (AvgIpc) is 3.09. The molecule has 0 bridgehead atoms. The van der Waals surface area contributed by atoms with E-state index in [2.05, 4.69) is 5.32 Å². The van der Waals surface area contributed by atoms with Crippen molar-refractivity contribution in [3.8, 4) is 0 Å². The SMILES string of the molecule is Cc1ccc(CC[C@H](C)NC(=O)CN2C(=O)Cc3ccccc32)o1. The van der Waals surface area contributed by atoms with E-state index in [9.17, 15) is 9.59 Å². The van der Waals surface area contributed by atoms with E-state index in [0.717, 1.165) is 35.6 Å². The minimum Gasteiger partial charge on any atom is -0.466 e. The van der Waals surface area contributed by atoms with Gasteiger partial charge in [-0.15, -0.1) is 0 Å². The van der Waals surface area contributed by atoms with Gasteiger partial charge in [-0.1, -0.05) is 18.2 Å². The van der Waals surface area contributed by atoms with Crippen LogP contribution in [0.1, 0.15) is 30.4 Å². The zero-order valence-electron chi connectivity index (χ0n) is 14.0. The monoisotopic (exact) mass is 326 g/mol. The van der Waals surface area contributed by atoms with Crippen LogP contribution in [-0.4, -0.2) is 24.4 Å². The van der Waals surface area contributed by atoms with Crippen LogP contribution < -0.4 is 10.2 Å². The fourth-order valence-electron chi connectivity index (χ4n) is 3.00. The second-order valence-electron chi connectivity index (χ2n) is 6.30. The summed E-state index contributed by atoms with van der Waals surface area (Å²) in [6.45, 7) is 3.95. The predicted molar refractivity (Wildman–Crippen MR) is 91.9 cm³/mol. The lowest BCUT2D eigenvalue weighted by atomic mass is 10.1. The molecule has 0 saturated carbocycles. The molecule has 24 heavy (non-hydrogen) atoms. The molecule has 0 fully saturated rings. The van der Waals surface area contributed by atoms with Gasteiger partial charge in [-0.2, -0.15) is 0 Å². The largest absolute Gasteiger partial charge is 0.466 e. The van der Waals surface area contributed by atoms with Crippen LogP contribution in [0.25, 0.3) is 0 Å². The molecule has 1 aliphatic rings. The third-order valence-corrected chi connectivity index (χ3v) is 4.25. The van der Waals surface area contributed by atoms with Gasteiger partial charge in [-0.3, -0.25) is 9.59 Å². The van der Waals surface area contributed by atoms with Gasteiger partial charge in [0.25, 0.3) is 0 Å². The summed E-state index contributed by atoms with van der Waals surface area (Å²) in [6, 6.07) is 11.5. The molecule has 2 amide bonds. The van der Waals surface area contributed by atoms with Crippen LogP contribution in [0.2, 0.25) is 0 Å². The number of aryl methyl sites for hydroxylation is 2. The quantitative estimate of drug-likeness (QED) is 0.887. The lowest BCUT2D eigenvalue weighted by Gasteiger charge is -2.19. The van der Waals surface area contributed by atoms with E-state index in [1.807, 2.05) is 50.2 Å². The zero-order valence-corrected chi connectivity index (χ0v) is 14.0. The number of carbonyl (C=O) groups excluding carboxylic acids is 2. The number of nitrogens with zero attached hydrogens (tertiary/aromatic N) is 1.